The minimum absolute atomic E-state index is 0.0660. The maximum atomic E-state index is 6.10. The molecule has 3 nitrogen and oxygen atoms in total. The molecule has 0 bridgehead atoms. The molecule has 1 aromatic rings. The average Bonchev–Trinajstić information content (AvgIpc) is 2.48. The second-order valence-corrected chi connectivity index (χ2v) is 6.03. The zero-order chi connectivity index (χ0) is 13.8. The molecule has 1 atom stereocenters. The van der Waals surface area contributed by atoms with Crippen LogP contribution in [0.3, 0.4) is 0 Å². The molecule has 2 aliphatic rings. The Morgan fingerprint density at radius 2 is 2.10 bits per heavy atom. The molecule has 0 saturated carbocycles. The van der Waals surface area contributed by atoms with Crippen molar-refractivity contribution in [2.75, 3.05) is 25.1 Å². The van der Waals surface area contributed by atoms with Gasteiger partial charge in [-0.1, -0.05) is 19.1 Å². The fourth-order valence-electron chi connectivity index (χ4n) is 3.36. The molecular weight excluding hydrogens is 250 g/mol. The Kier molecular flexibility index (Phi) is 4.27. The third-order valence-corrected chi connectivity index (χ3v) is 4.60. The molecule has 2 heterocycles. The van der Waals surface area contributed by atoms with E-state index in [1.165, 1.54) is 11.3 Å². The Balaban J connectivity index is 1.64. The van der Waals surface area contributed by atoms with Crippen LogP contribution in [0.5, 0.6) is 0 Å². The van der Waals surface area contributed by atoms with Gasteiger partial charge in [-0.05, 0) is 49.8 Å². The van der Waals surface area contributed by atoms with Crippen molar-refractivity contribution in [3.8, 4) is 0 Å². The highest BCUT2D eigenvalue weighted by Gasteiger charge is 2.38. The summed E-state index contributed by atoms with van der Waals surface area (Å²) in [5.74, 6) is 0. The molecular formula is C17H25NO2. The molecule has 1 aromatic carbocycles. The molecule has 2 fully saturated rings. The number of benzene rings is 1. The van der Waals surface area contributed by atoms with Gasteiger partial charge in [-0.25, -0.2) is 0 Å². The van der Waals surface area contributed by atoms with Crippen molar-refractivity contribution in [1.82, 2.24) is 0 Å². The topological polar surface area (TPSA) is 30.5 Å². The monoisotopic (exact) mass is 275 g/mol. The largest absolute Gasteiger partial charge is 0.382 e. The van der Waals surface area contributed by atoms with E-state index in [1.54, 1.807) is 0 Å². The van der Waals surface area contributed by atoms with Gasteiger partial charge in [0.25, 0.3) is 0 Å². The molecule has 2 saturated heterocycles. The van der Waals surface area contributed by atoms with Crippen LogP contribution in [0.15, 0.2) is 24.3 Å². The minimum Gasteiger partial charge on any atom is -0.382 e. The Labute approximate surface area is 121 Å². The Morgan fingerprint density at radius 3 is 2.90 bits per heavy atom. The van der Waals surface area contributed by atoms with Crippen molar-refractivity contribution in [2.45, 2.75) is 50.7 Å². The van der Waals surface area contributed by atoms with E-state index in [2.05, 4.69) is 36.5 Å². The summed E-state index contributed by atoms with van der Waals surface area (Å²) >= 11 is 0. The predicted octanol–water partition coefficient (Wildman–Crippen LogP) is 3.39. The molecule has 110 valence electrons. The lowest BCUT2D eigenvalue weighted by Crippen LogP contribution is -2.47. The van der Waals surface area contributed by atoms with E-state index in [0.29, 0.717) is 6.04 Å². The molecule has 0 aliphatic carbocycles. The molecule has 2 aliphatic heterocycles. The van der Waals surface area contributed by atoms with Gasteiger partial charge in [0.05, 0.1) is 5.60 Å². The van der Waals surface area contributed by atoms with E-state index < -0.39 is 0 Å². The molecule has 1 unspecified atom stereocenters. The van der Waals surface area contributed by atoms with Crippen LogP contribution in [0.4, 0.5) is 5.69 Å². The van der Waals surface area contributed by atoms with E-state index in [1.807, 2.05) is 0 Å². The number of anilines is 1. The second kappa shape index (κ2) is 6.15. The number of hydrogen-bond acceptors (Lipinski definition) is 3. The summed E-state index contributed by atoms with van der Waals surface area (Å²) in [5, 5.41) is 3.71. The van der Waals surface area contributed by atoms with Crippen LogP contribution in [-0.2, 0) is 15.9 Å². The average molecular weight is 275 g/mol. The van der Waals surface area contributed by atoms with Crippen molar-refractivity contribution in [2.24, 2.45) is 0 Å². The van der Waals surface area contributed by atoms with Crippen LogP contribution in [0, 0.1) is 0 Å². The fourth-order valence-corrected chi connectivity index (χ4v) is 3.36. The lowest BCUT2D eigenvalue weighted by atomic mass is 9.84. The van der Waals surface area contributed by atoms with E-state index in [9.17, 15) is 0 Å². The Morgan fingerprint density at radius 1 is 1.25 bits per heavy atom. The van der Waals surface area contributed by atoms with E-state index >= 15 is 0 Å². The summed E-state index contributed by atoms with van der Waals surface area (Å²) in [6.45, 7) is 4.76. The molecule has 3 rings (SSSR count). The Bertz CT molecular complexity index is 435. The smallest absolute Gasteiger partial charge is 0.0745 e. The van der Waals surface area contributed by atoms with E-state index in [-0.39, 0.29) is 5.60 Å². The normalized spacial score (nSPS) is 25.6. The number of aryl methyl sites for hydroxylation is 1. The first-order chi connectivity index (χ1) is 9.80. The SMILES string of the molecule is CCc1cccc(NC2CCOC3(CCOCC3)C2)c1. The highest BCUT2D eigenvalue weighted by Crippen LogP contribution is 2.35. The molecule has 1 spiro atoms. The third-order valence-electron chi connectivity index (χ3n) is 4.60. The van der Waals surface area contributed by atoms with Gasteiger partial charge in [-0.15, -0.1) is 0 Å². The van der Waals surface area contributed by atoms with Crippen LogP contribution in [0.2, 0.25) is 0 Å². The zero-order valence-electron chi connectivity index (χ0n) is 12.4. The first-order valence-corrected chi connectivity index (χ1v) is 7.87. The number of ether oxygens (including phenoxy) is 2. The standard InChI is InChI=1S/C17H25NO2/c1-2-14-4-3-5-15(12-14)18-16-6-9-20-17(13-16)7-10-19-11-8-17/h3-5,12,16,18H,2,6-11,13H2,1H3. The van der Waals surface area contributed by atoms with Gasteiger partial charge in [-0.3, -0.25) is 0 Å². The molecule has 20 heavy (non-hydrogen) atoms. The maximum absolute atomic E-state index is 6.10. The van der Waals surface area contributed by atoms with Crippen LogP contribution in [0.25, 0.3) is 0 Å². The molecule has 0 amide bonds. The van der Waals surface area contributed by atoms with Crippen LogP contribution < -0.4 is 5.32 Å². The molecule has 0 radical (unpaired) electrons. The van der Waals surface area contributed by atoms with Gasteiger partial charge in [0, 0.05) is 31.5 Å². The van der Waals surface area contributed by atoms with Gasteiger partial charge in [0.15, 0.2) is 0 Å². The fraction of sp³-hybridized carbons (Fsp3) is 0.647. The van der Waals surface area contributed by atoms with Gasteiger partial charge in [0.1, 0.15) is 0 Å². The molecule has 1 N–H and O–H groups in total. The van der Waals surface area contributed by atoms with Crippen LogP contribution in [0.1, 0.15) is 38.2 Å². The van der Waals surface area contributed by atoms with E-state index in [0.717, 1.165) is 51.9 Å². The number of nitrogens with one attached hydrogen (secondary N) is 1. The lowest BCUT2D eigenvalue weighted by Gasteiger charge is -2.43. The summed E-state index contributed by atoms with van der Waals surface area (Å²) in [4.78, 5) is 0. The maximum Gasteiger partial charge on any atom is 0.0745 e. The predicted molar refractivity (Wildman–Crippen MR) is 81.2 cm³/mol. The Hall–Kier alpha value is -1.06. The van der Waals surface area contributed by atoms with Gasteiger partial charge in [0.2, 0.25) is 0 Å². The van der Waals surface area contributed by atoms with Crippen LogP contribution >= 0.6 is 0 Å². The number of hydrogen-bond donors (Lipinski definition) is 1. The van der Waals surface area contributed by atoms with Crippen molar-refractivity contribution in [3.63, 3.8) is 0 Å². The molecule has 0 aromatic heterocycles. The van der Waals surface area contributed by atoms with Gasteiger partial charge in [-0.2, -0.15) is 0 Å². The quantitative estimate of drug-likeness (QED) is 0.917. The summed E-state index contributed by atoms with van der Waals surface area (Å²) in [5.41, 5.74) is 2.71. The van der Waals surface area contributed by atoms with Crippen molar-refractivity contribution < 1.29 is 9.47 Å². The summed E-state index contributed by atoms with van der Waals surface area (Å²) in [7, 11) is 0. The highest BCUT2D eigenvalue weighted by atomic mass is 16.5. The number of rotatable bonds is 3. The van der Waals surface area contributed by atoms with Crippen molar-refractivity contribution >= 4 is 5.69 Å². The zero-order valence-corrected chi connectivity index (χ0v) is 12.4. The summed E-state index contributed by atoms with van der Waals surface area (Å²) in [6.07, 6.45) is 5.37. The first kappa shape index (κ1) is 13.9. The second-order valence-electron chi connectivity index (χ2n) is 6.03. The van der Waals surface area contributed by atoms with Crippen molar-refractivity contribution in [1.29, 1.82) is 0 Å². The molecule has 3 heteroatoms. The third kappa shape index (κ3) is 3.15. The summed E-state index contributed by atoms with van der Waals surface area (Å²) in [6, 6.07) is 9.30. The first-order valence-electron chi connectivity index (χ1n) is 7.87. The summed E-state index contributed by atoms with van der Waals surface area (Å²) < 4.78 is 11.6. The highest BCUT2D eigenvalue weighted by molar-refractivity contribution is 5.46. The van der Waals surface area contributed by atoms with Crippen LogP contribution in [-0.4, -0.2) is 31.5 Å². The van der Waals surface area contributed by atoms with Crippen molar-refractivity contribution in [3.05, 3.63) is 29.8 Å². The minimum atomic E-state index is 0.0660. The van der Waals surface area contributed by atoms with Gasteiger partial charge < -0.3 is 14.8 Å². The van der Waals surface area contributed by atoms with E-state index in [4.69, 9.17) is 9.47 Å². The van der Waals surface area contributed by atoms with Gasteiger partial charge >= 0.3 is 0 Å². The lowest BCUT2D eigenvalue weighted by molar-refractivity contribution is -0.135.